The zero-order valence-corrected chi connectivity index (χ0v) is 17.0. The Bertz CT molecular complexity index is 1120. The van der Waals surface area contributed by atoms with E-state index in [0.29, 0.717) is 11.5 Å². The number of pyridine rings is 1. The van der Waals surface area contributed by atoms with Crippen molar-refractivity contribution in [2.75, 3.05) is 11.9 Å². The number of hydrogen-bond donors (Lipinski definition) is 2. The van der Waals surface area contributed by atoms with Crippen molar-refractivity contribution >= 4 is 17.3 Å². The molecule has 2 aromatic carbocycles. The van der Waals surface area contributed by atoms with E-state index in [9.17, 15) is 10.1 Å². The first-order valence-electron chi connectivity index (χ1n) is 10.6. The van der Waals surface area contributed by atoms with Gasteiger partial charge in [-0.1, -0.05) is 30.3 Å². The quantitative estimate of drug-likeness (QED) is 0.618. The van der Waals surface area contributed by atoms with Gasteiger partial charge < -0.3 is 15.5 Å². The van der Waals surface area contributed by atoms with Crippen molar-refractivity contribution in [1.29, 1.82) is 5.26 Å². The largest absolute Gasteiger partial charge is 0.354 e. The van der Waals surface area contributed by atoms with Gasteiger partial charge in [-0.25, -0.2) is 0 Å². The van der Waals surface area contributed by atoms with E-state index >= 15 is 0 Å². The number of hydrogen-bond acceptors (Lipinski definition) is 5. The van der Waals surface area contributed by atoms with Crippen molar-refractivity contribution in [3.63, 3.8) is 0 Å². The number of nitrogens with zero attached hydrogens (tertiary/aromatic N) is 3. The van der Waals surface area contributed by atoms with Crippen molar-refractivity contribution in [1.82, 2.24) is 15.2 Å². The molecule has 0 radical (unpaired) electrons. The molecule has 6 heteroatoms. The molecule has 1 amide bonds. The number of amides is 1. The number of nitrogens with one attached hydrogen (secondary N) is 2. The summed E-state index contributed by atoms with van der Waals surface area (Å²) in [5, 5.41) is 15.8. The summed E-state index contributed by atoms with van der Waals surface area (Å²) in [6.45, 7) is 0.754. The molecule has 2 unspecified atom stereocenters. The van der Waals surface area contributed by atoms with Crippen molar-refractivity contribution < 1.29 is 4.79 Å². The summed E-state index contributed by atoms with van der Waals surface area (Å²) < 4.78 is 0. The highest BCUT2D eigenvalue weighted by atomic mass is 16.1. The molecule has 0 spiro atoms. The van der Waals surface area contributed by atoms with Gasteiger partial charge in [0.2, 0.25) is 0 Å². The van der Waals surface area contributed by atoms with Gasteiger partial charge in [0, 0.05) is 29.6 Å². The predicted molar refractivity (Wildman–Crippen MR) is 119 cm³/mol. The fourth-order valence-electron chi connectivity index (χ4n) is 4.79. The molecule has 5 rings (SSSR count). The van der Waals surface area contributed by atoms with E-state index in [0.717, 1.165) is 41.9 Å². The molecule has 2 bridgehead atoms. The van der Waals surface area contributed by atoms with Crippen molar-refractivity contribution in [2.45, 2.75) is 24.9 Å². The Morgan fingerprint density at radius 2 is 1.87 bits per heavy atom. The number of carbonyl (C=O) groups is 1. The first kappa shape index (κ1) is 19.1. The molecule has 1 aliphatic heterocycles. The van der Waals surface area contributed by atoms with E-state index in [4.69, 9.17) is 0 Å². The molecule has 3 aromatic rings. The van der Waals surface area contributed by atoms with E-state index < -0.39 is 0 Å². The Kier molecular flexibility index (Phi) is 5.01. The number of fused-ring (bicyclic) bond motifs is 2. The molecule has 2 aliphatic rings. The number of nitriles is 1. The van der Waals surface area contributed by atoms with Gasteiger partial charge in [0.15, 0.2) is 6.19 Å². The molecule has 31 heavy (non-hydrogen) atoms. The van der Waals surface area contributed by atoms with Crippen LogP contribution >= 0.6 is 0 Å². The zero-order valence-electron chi connectivity index (χ0n) is 17.0. The first-order valence-corrected chi connectivity index (χ1v) is 10.6. The van der Waals surface area contributed by atoms with Crippen molar-refractivity contribution in [3.8, 4) is 17.3 Å². The van der Waals surface area contributed by atoms with Gasteiger partial charge in [0.05, 0.1) is 24.0 Å². The summed E-state index contributed by atoms with van der Waals surface area (Å²) >= 11 is 0. The highest BCUT2D eigenvalue weighted by Crippen LogP contribution is 2.37. The summed E-state index contributed by atoms with van der Waals surface area (Å²) in [6, 6.07) is 19.8. The van der Waals surface area contributed by atoms with Gasteiger partial charge in [-0.05, 0) is 54.7 Å². The summed E-state index contributed by atoms with van der Waals surface area (Å²) in [7, 11) is 0. The molecule has 2 heterocycles. The maximum atomic E-state index is 12.8. The minimum absolute atomic E-state index is 0.0636. The van der Waals surface area contributed by atoms with Gasteiger partial charge in [-0.2, -0.15) is 5.26 Å². The van der Waals surface area contributed by atoms with Crippen LogP contribution in [0.4, 0.5) is 11.4 Å². The predicted octanol–water partition coefficient (Wildman–Crippen LogP) is 4.17. The second-order valence-electron chi connectivity index (χ2n) is 8.15. The Morgan fingerprint density at radius 1 is 1.06 bits per heavy atom. The normalized spacial score (nSPS) is 21.5. The Labute approximate surface area is 181 Å². The average Bonchev–Trinajstić information content (AvgIpc) is 3.36. The number of piperidine rings is 1. The Balaban J connectivity index is 1.32. The van der Waals surface area contributed by atoms with E-state index in [1.165, 1.54) is 0 Å². The molecule has 1 aromatic heterocycles. The third-order valence-electron chi connectivity index (χ3n) is 6.35. The standard InChI is InChI=1S/C25H23N5O/c26-16-30-15-19-10-11-23(30)24(19)29-25(31)18-8-6-17(7-9-18)21-12-13-27-14-22(21)28-20-4-2-1-3-5-20/h1-9,12-14,19,23-24,28H,10-11,15H2,(H,29,31)/t19?,23?,24-/m1/s1. The molecular formula is C25H23N5O. The average molecular weight is 409 g/mol. The van der Waals surface area contributed by atoms with Gasteiger partial charge in [-0.3, -0.25) is 9.78 Å². The zero-order chi connectivity index (χ0) is 21.2. The summed E-state index contributed by atoms with van der Waals surface area (Å²) in [5.74, 6) is 0.293. The van der Waals surface area contributed by atoms with Crippen molar-refractivity contribution in [2.24, 2.45) is 5.92 Å². The minimum Gasteiger partial charge on any atom is -0.354 e. The van der Waals surface area contributed by atoms with Crippen LogP contribution in [0.1, 0.15) is 23.2 Å². The fourth-order valence-corrected chi connectivity index (χ4v) is 4.79. The van der Waals surface area contributed by atoms with Crippen LogP contribution in [0.15, 0.2) is 73.1 Å². The van der Waals surface area contributed by atoms with Crippen LogP contribution in [0.25, 0.3) is 11.1 Å². The number of rotatable bonds is 5. The number of benzene rings is 2. The van der Waals surface area contributed by atoms with Crippen LogP contribution in [0.3, 0.4) is 0 Å². The lowest BCUT2D eigenvalue weighted by Gasteiger charge is -2.21. The molecule has 1 saturated heterocycles. The highest BCUT2D eigenvalue weighted by Gasteiger charge is 2.47. The molecule has 6 nitrogen and oxygen atoms in total. The fraction of sp³-hybridized carbons (Fsp3) is 0.240. The smallest absolute Gasteiger partial charge is 0.251 e. The van der Waals surface area contributed by atoms with Crippen LogP contribution in [0.2, 0.25) is 0 Å². The second-order valence-corrected chi connectivity index (χ2v) is 8.15. The lowest BCUT2D eigenvalue weighted by molar-refractivity contribution is 0.0929. The number of para-hydroxylation sites is 1. The number of aromatic nitrogens is 1. The molecule has 1 aliphatic carbocycles. The number of anilines is 2. The van der Waals surface area contributed by atoms with Gasteiger partial charge in [-0.15, -0.1) is 0 Å². The first-order chi connectivity index (χ1) is 15.2. The third kappa shape index (κ3) is 3.71. The van der Waals surface area contributed by atoms with Crippen molar-refractivity contribution in [3.05, 3.63) is 78.6 Å². The summed E-state index contributed by atoms with van der Waals surface area (Å²) in [4.78, 5) is 18.9. The van der Waals surface area contributed by atoms with E-state index in [2.05, 4.69) is 21.8 Å². The molecule has 2 fully saturated rings. The van der Waals surface area contributed by atoms with Gasteiger partial charge in [0.25, 0.3) is 5.91 Å². The van der Waals surface area contributed by atoms with E-state index in [1.807, 2.05) is 65.6 Å². The third-order valence-corrected chi connectivity index (χ3v) is 6.35. The van der Waals surface area contributed by atoms with Gasteiger partial charge in [0.1, 0.15) is 0 Å². The lowest BCUT2D eigenvalue weighted by atomic mass is 10.0. The maximum Gasteiger partial charge on any atom is 0.251 e. The van der Waals surface area contributed by atoms with Crippen LogP contribution in [0, 0.1) is 17.4 Å². The SMILES string of the molecule is N#CN1CC2CCC1[C@@H]2NC(=O)c1ccc(-c2ccncc2Nc2ccccc2)cc1. The summed E-state index contributed by atoms with van der Waals surface area (Å²) in [5.41, 5.74) is 4.55. The maximum absolute atomic E-state index is 12.8. The number of likely N-dealkylation sites (tertiary alicyclic amines) is 1. The second kappa shape index (κ2) is 8.11. The van der Waals surface area contributed by atoms with Gasteiger partial charge >= 0.3 is 0 Å². The summed E-state index contributed by atoms with van der Waals surface area (Å²) in [6.07, 6.45) is 7.88. The lowest BCUT2D eigenvalue weighted by Crippen LogP contribution is -2.42. The van der Waals surface area contributed by atoms with Crippen LogP contribution in [-0.2, 0) is 0 Å². The topological polar surface area (TPSA) is 81.1 Å². The van der Waals surface area contributed by atoms with E-state index in [1.54, 1.807) is 12.4 Å². The molecule has 3 atom stereocenters. The number of carbonyl (C=O) groups excluding carboxylic acids is 1. The van der Waals surface area contributed by atoms with E-state index in [-0.39, 0.29) is 18.0 Å². The van der Waals surface area contributed by atoms with Crippen LogP contribution in [0.5, 0.6) is 0 Å². The van der Waals surface area contributed by atoms with Crippen LogP contribution in [-0.4, -0.2) is 34.4 Å². The Morgan fingerprint density at radius 3 is 2.61 bits per heavy atom. The highest BCUT2D eigenvalue weighted by molar-refractivity contribution is 5.95. The molecular weight excluding hydrogens is 386 g/mol. The Hall–Kier alpha value is -3.85. The monoisotopic (exact) mass is 409 g/mol. The van der Waals surface area contributed by atoms with Crippen LogP contribution < -0.4 is 10.6 Å². The molecule has 1 saturated carbocycles. The minimum atomic E-state index is -0.0781. The molecule has 154 valence electrons. The molecule has 2 N–H and O–H groups in total.